The Balaban J connectivity index is 2.34. The molecule has 5 nitrogen and oxygen atoms in total. The monoisotopic (exact) mass is 349 g/mol. The summed E-state index contributed by atoms with van der Waals surface area (Å²) in [6.07, 6.45) is 1.14. The number of hydrogen-bond donors (Lipinski definition) is 2. The summed E-state index contributed by atoms with van der Waals surface area (Å²) in [4.78, 5) is -0.433. The molecule has 0 radical (unpaired) electrons. The van der Waals surface area contributed by atoms with Crippen LogP contribution in [0.3, 0.4) is 0 Å². The smallest absolute Gasteiger partial charge is 0.192 e. The first-order chi connectivity index (χ1) is 10.8. The summed E-state index contributed by atoms with van der Waals surface area (Å²) >= 11 is 5.75. The van der Waals surface area contributed by atoms with Gasteiger partial charge in [-0.05, 0) is 41.5 Å². The van der Waals surface area contributed by atoms with E-state index in [2.05, 4.69) is 0 Å². The molecule has 23 heavy (non-hydrogen) atoms. The van der Waals surface area contributed by atoms with E-state index in [0.717, 1.165) is 6.08 Å². The maximum absolute atomic E-state index is 12.3. The highest BCUT2D eigenvalue weighted by atomic mass is 35.5. The van der Waals surface area contributed by atoms with Crippen molar-refractivity contribution in [2.45, 2.75) is 5.75 Å². The van der Waals surface area contributed by atoms with Gasteiger partial charge in [0.05, 0.1) is 5.75 Å². The van der Waals surface area contributed by atoms with Crippen LogP contribution < -0.4 is 0 Å². The van der Waals surface area contributed by atoms with E-state index in [1.807, 2.05) is 0 Å². The Hall–Kier alpha value is -2.49. The second kappa shape index (κ2) is 6.73. The molecule has 0 amide bonds. The second-order valence-electron chi connectivity index (χ2n) is 4.75. The van der Waals surface area contributed by atoms with E-state index in [-0.39, 0.29) is 17.1 Å². The fourth-order valence-electron chi connectivity index (χ4n) is 1.85. The largest absolute Gasteiger partial charge is 0.504 e. The normalized spacial score (nSPS) is 11.9. The average Bonchev–Trinajstić information content (AvgIpc) is 2.50. The van der Waals surface area contributed by atoms with Crippen molar-refractivity contribution < 1.29 is 18.6 Å². The van der Waals surface area contributed by atoms with E-state index >= 15 is 0 Å². The van der Waals surface area contributed by atoms with Crippen LogP contribution in [0.5, 0.6) is 11.5 Å². The molecule has 0 saturated heterocycles. The molecule has 2 aromatic rings. The quantitative estimate of drug-likeness (QED) is 0.652. The second-order valence-corrected chi connectivity index (χ2v) is 7.15. The molecule has 118 valence electrons. The number of benzene rings is 2. The molecule has 0 saturated carbocycles. The highest BCUT2D eigenvalue weighted by Crippen LogP contribution is 2.27. The zero-order valence-corrected chi connectivity index (χ0v) is 13.3. The molecule has 0 aliphatic heterocycles. The lowest BCUT2D eigenvalue weighted by molar-refractivity contribution is 0.403. The van der Waals surface area contributed by atoms with E-state index in [9.17, 15) is 18.6 Å². The molecule has 0 bridgehead atoms. The number of sulfone groups is 1. The van der Waals surface area contributed by atoms with Crippen LogP contribution in [0.4, 0.5) is 0 Å². The van der Waals surface area contributed by atoms with Crippen LogP contribution in [0.2, 0.25) is 5.02 Å². The van der Waals surface area contributed by atoms with Crippen LogP contribution >= 0.6 is 11.6 Å². The Morgan fingerprint density at radius 1 is 1.13 bits per heavy atom. The number of allylic oxidation sites excluding steroid dienone is 1. The van der Waals surface area contributed by atoms with Gasteiger partial charge >= 0.3 is 0 Å². The van der Waals surface area contributed by atoms with E-state index in [1.54, 1.807) is 30.3 Å². The van der Waals surface area contributed by atoms with Gasteiger partial charge in [-0.2, -0.15) is 5.26 Å². The predicted molar refractivity (Wildman–Crippen MR) is 87.4 cm³/mol. The van der Waals surface area contributed by atoms with Crippen LogP contribution in [0, 0.1) is 11.3 Å². The first-order valence-electron chi connectivity index (χ1n) is 6.43. The molecule has 0 unspecified atom stereocenters. The number of nitrogens with zero attached hydrogens (tertiary/aromatic N) is 1. The number of hydrogen-bond acceptors (Lipinski definition) is 5. The molecule has 2 rings (SSSR count). The Kier molecular flexibility index (Phi) is 4.94. The lowest BCUT2D eigenvalue weighted by Crippen LogP contribution is -2.06. The van der Waals surface area contributed by atoms with Crippen molar-refractivity contribution in [3.63, 3.8) is 0 Å². The van der Waals surface area contributed by atoms with Gasteiger partial charge < -0.3 is 10.2 Å². The third-order valence-electron chi connectivity index (χ3n) is 3.01. The Morgan fingerprint density at radius 2 is 1.78 bits per heavy atom. The summed E-state index contributed by atoms with van der Waals surface area (Å²) in [6, 6.07) is 11.7. The maximum atomic E-state index is 12.3. The van der Waals surface area contributed by atoms with Gasteiger partial charge in [0, 0.05) is 5.02 Å². The van der Waals surface area contributed by atoms with Crippen molar-refractivity contribution in [2.75, 3.05) is 0 Å². The van der Waals surface area contributed by atoms with Crippen molar-refractivity contribution >= 4 is 27.5 Å². The van der Waals surface area contributed by atoms with Gasteiger partial charge in [0.15, 0.2) is 21.3 Å². The van der Waals surface area contributed by atoms with Gasteiger partial charge in [-0.25, -0.2) is 8.42 Å². The van der Waals surface area contributed by atoms with Crippen molar-refractivity contribution in [2.24, 2.45) is 0 Å². The standard InChI is InChI=1S/C16H12ClNO4S/c17-13-4-1-11(2-5-13)10-23(21,22)14(9-18)7-12-3-6-15(19)16(20)8-12/h1-8,19-20H,10H2/b14-7-. The number of phenols is 2. The number of rotatable bonds is 4. The molecular weight excluding hydrogens is 338 g/mol. The summed E-state index contributed by atoms with van der Waals surface area (Å²) in [5.41, 5.74) is 0.792. The van der Waals surface area contributed by atoms with Crippen molar-refractivity contribution in [3.8, 4) is 17.6 Å². The first-order valence-corrected chi connectivity index (χ1v) is 8.46. The van der Waals surface area contributed by atoms with Crippen molar-refractivity contribution in [3.05, 3.63) is 63.5 Å². The molecule has 2 N–H and O–H groups in total. The van der Waals surface area contributed by atoms with Gasteiger partial charge in [-0.15, -0.1) is 0 Å². The van der Waals surface area contributed by atoms with Crippen LogP contribution in [-0.2, 0) is 15.6 Å². The summed E-state index contributed by atoms with van der Waals surface area (Å²) in [6.45, 7) is 0. The number of nitriles is 1. The minimum Gasteiger partial charge on any atom is -0.504 e. The minimum atomic E-state index is -3.85. The summed E-state index contributed by atoms with van der Waals surface area (Å²) in [5, 5.41) is 28.3. The third kappa shape index (κ3) is 4.25. The first kappa shape index (κ1) is 16.9. The highest BCUT2D eigenvalue weighted by molar-refractivity contribution is 7.95. The van der Waals surface area contributed by atoms with Crippen molar-refractivity contribution in [1.29, 1.82) is 5.26 Å². The van der Waals surface area contributed by atoms with Gasteiger partial charge in [-0.1, -0.05) is 29.8 Å². The van der Waals surface area contributed by atoms with Crippen molar-refractivity contribution in [1.82, 2.24) is 0 Å². The molecule has 0 aliphatic rings. The molecule has 0 aromatic heterocycles. The van der Waals surface area contributed by atoms with E-state index in [4.69, 9.17) is 16.9 Å². The predicted octanol–water partition coefficient (Wildman–Crippen LogP) is 3.23. The van der Waals surface area contributed by atoms with Gasteiger partial charge in [0.25, 0.3) is 0 Å². The third-order valence-corrected chi connectivity index (χ3v) is 4.86. The van der Waals surface area contributed by atoms with Crippen LogP contribution in [-0.4, -0.2) is 18.6 Å². The Labute approximate surface area is 138 Å². The van der Waals surface area contributed by atoms with Gasteiger partial charge in [0.2, 0.25) is 0 Å². The number of halogens is 1. The lowest BCUT2D eigenvalue weighted by Gasteiger charge is -2.04. The van der Waals surface area contributed by atoms with Crippen LogP contribution in [0.25, 0.3) is 6.08 Å². The minimum absolute atomic E-state index is 0.288. The average molecular weight is 350 g/mol. The van der Waals surface area contributed by atoms with Crippen LogP contribution in [0.1, 0.15) is 11.1 Å². The highest BCUT2D eigenvalue weighted by Gasteiger charge is 2.19. The number of aromatic hydroxyl groups is 2. The zero-order valence-electron chi connectivity index (χ0n) is 11.8. The summed E-state index contributed by atoms with van der Waals surface area (Å²) in [7, 11) is -3.85. The number of phenolic OH excluding ortho intramolecular Hbond substituents is 2. The molecule has 0 aliphatic carbocycles. The summed E-state index contributed by atoms with van der Waals surface area (Å²) < 4.78 is 24.7. The molecule has 0 heterocycles. The van der Waals surface area contributed by atoms with E-state index in [0.29, 0.717) is 10.6 Å². The molecule has 0 fully saturated rings. The molecule has 0 atom stereocenters. The van der Waals surface area contributed by atoms with E-state index in [1.165, 1.54) is 18.2 Å². The topological polar surface area (TPSA) is 98.4 Å². The van der Waals surface area contributed by atoms with Gasteiger partial charge in [-0.3, -0.25) is 0 Å². The molecule has 7 heteroatoms. The maximum Gasteiger partial charge on any atom is 0.192 e. The van der Waals surface area contributed by atoms with E-state index < -0.39 is 20.5 Å². The Bertz CT molecular complexity index is 897. The fraction of sp³-hybridized carbons (Fsp3) is 0.0625. The zero-order chi connectivity index (χ0) is 17.0. The Morgan fingerprint density at radius 3 is 2.35 bits per heavy atom. The molecule has 0 spiro atoms. The molecular formula is C16H12ClNO4S. The van der Waals surface area contributed by atoms with Gasteiger partial charge in [0.1, 0.15) is 11.0 Å². The van der Waals surface area contributed by atoms with Crippen LogP contribution in [0.15, 0.2) is 47.4 Å². The molecule has 2 aromatic carbocycles. The SMILES string of the molecule is N#C/C(=C/c1ccc(O)c(O)c1)S(=O)(=O)Cc1ccc(Cl)cc1. The lowest BCUT2D eigenvalue weighted by atomic mass is 10.2. The summed E-state index contributed by atoms with van der Waals surface area (Å²) in [5.74, 6) is -1.07. The fourth-order valence-corrected chi connectivity index (χ4v) is 3.22.